The average molecular weight is 380 g/mol. The van der Waals surface area contributed by atoms with E-state index in [2.05, 4.69) is 5.32 Å². The number of nitriles is 1. The lowest BCUT2D eigenvalue weighted by atomic mass is 10.1. The van der Waals surface area contributed by atoms with E-state index in [1.165, 1.54) is 20.3 Å². The van der Waals surface area contributed by atoms with Crippen molar-refractivity contribution < 1.29 is 23.8 Å². The van der Waals surface area contributed by atoms with Gasteiger partial charge in [0.15, 0.2) is 18.1 Å². The van der Waals surface area contributed by atoms with E-state index >= 15 is 0 Å². The van der Waals surface area contributed by atoms with Gasteiger partial charge in [-0.2, -0.15) is 5.26 Å². The summed E-state index contributed by atoms with van der Waals surface area (Å²) in [5.74, 6) is -0.448. The van der Waals surface area contributed by atoms with Crippen LogP contribution < -0.4 is 14.8 Å². The molecule has 1 amide bonds. The molecule has 7 nitrogen and oxygen atoms in total. The molecule has 0 aromatic heterocycles. The van der Waals surface area contributed by atoms with E-state index < -0.39 is 18.5 Å². The van der Waals surface area contributed by atoms with Gasteiger partial charge < -0.3 is 19.5 Å². The smallest absolute Gasteiger partial charge is 0.349 e. The number of amides is 1. The van der Waals surface area contributed by atoms with Gasteiger partial charge in [0.25, 0.3) is 5.91 Å². The number of anilines is 1. The SMILES string of the molecule is COc1ccc(NC(=O)COC(=O)/C(C#N)=C/c2ccc(C)cc2)cc1OC. The molecule has 0 heterocycles. The Hall–Kier alpha value is -3.79. The molecule has 2 rings (SSSR count). The Labute approximate surface area is 163 Å². The fourth-order valence-electron chi connectivity index (χ4n) is 2.29. The quantitative estimate of drug-likeness (QED) is 0.450. The van der Waals surface area contributed by atoms with Crippen molar-refractivity contribution in [3.05, 3.63) is 59.2 Å². The van der Waals surface area contributed by atoms with Crippen LogP contribution in [0.4, 0.5) is 5.69 Å². The average Bonchev–Trinajstić information content (AvgIpc) is 2.71. The molecule has 0 atom stereocenters. The molecule has 0 aliphatic heterocycles. The molecule has 0 radical (unpaired) electrons. The number of carbonyl (C=O) groups is 2. The highest BCUT2D eigenvalue weighted by molar-refractivity contribution is 6.00. The van der Waals surface area contributed by atoms with Crippen molar-refractivity contribution in [3.63, 3.8) is 0 Å². The van der Waals surface area contributed by atoms with Gasteiger partial charge in [0.2, 0.25) is 0 Å². The summed E-state index contributed by atoms with van der Waals surface area (Å²) in [4.78, 5) is 24.1. The highest BCUT2D eigenvalue weighted by Gasteiger charge is 2.14. The van der Waals surface area contributed by atoms with E-state index in [4.69, 9.17) is 14.2 Å². The predicted octanol–water partition coefficient (Wildman–Crippen LogP) is 3.10. The molecule has 1 N–H and O–H groups in total. The number of ether oxygens (including phenoxy) is 3. The fourth-order valence-corrected chi connectivity index (χ4v) is 2.29. The summed E-state index contributed by atoms with van der Waals surface area (Å²) in [7, 11) is 2.99. The molecular formula is C21H20N2O5. The van der Waals surface area contributed by atoms with E-state index in [0.717, 1.165) is 5.56 Å². The van der Waals surface area contributed by atoms with Crippen LogP contribution in [-0.4, -0.2) is 32.7 Å². The third kappa shape index (κ3) is 5.61. The Morgan fingerprint density at radius 1 is 1.07 bits per heavy atom. The Kier molecular flexibility index (Phi) is 7.17. The van der Waals surface area contributed by atoms with Crippen LogP contribution in [0.1, 0.15) is 11.1 Å². The molecule has 0 saturated heterocycles. The van der Waals surface area contributed by atoms with Crippen LogP contribution in [0.25, 0.3) is 6.08 Å². The van der Waals surface area contributed by atoms with Crippen LogP contribution in [0.2, 0.25) is 0 Å². The largest absolute Gasteiger partial charge is 0.493 e. The molecule has 28 heavy (non-hydrogen) atoms. The van der Waals surface area contributed by atoms with Gasteiger partial charge in [0.05, 0.1) is 14.2 Å². The van der Waals surface area contributed by atoms with Gasteiger partial charge in [0.1, 0.15) is 11.6 Å². The van der Waals surface area contributed by atoms with E-state index in [1.54, 1.807) is 36.4 Å². The maximum atomic E-state index is 12.1. The highest BCUT2D eigenvalue weighted by Crippen LogP contribution is 2.29. The first-order valence-corrected chi connectivity index (χ1v) is 8.34. The molecule has 2 aromatic rings. The van der Waals surface area contributed by atoms with Crippen LogP contribution in [0.5, 0.6) is 11.5 Å². The first kappa shape index (κ1) is 20.5. The molecule has 0 spiro atoms. The number of hydrogen-bond acceptors (Lipinski definition) is 6. The molecule has 144 valence electrons. The molecule has 0 aliphatic carbocycles. The van der Waals surface area contributed by atoms with Crippen molar-refractivity contribution >= 4 is 23.6 Å². The normalized spacial score (nSPS) is 10.6. The molecule has 0 unspecified atom stereocenters. The number of esters is 1. The van der Waals surface area contributed by atoms with Gasteiger partial charge in [-0.05, 0) is 30.7 Å². The second-order valence-corrected chi connectivity index (χ2v) is 5.77. The van der Waals surface area contributed by atoms with Gasteiger partial charge in [-0.15, -0.1) is 0 Å². The van der Waals surface area contributed by atoms with Crippen molar-refractivity contribution in [2.24, 2.45) is 0 Å². The molecular weight excluding hydrogens is 360 g/mol. The topological polar surface area (TPSA) is 97.6 Å². The van der Waals surface area contributed by atoms with Crippen LogP contribution >= 0.6 is 0 Å². The Morgan fingerprint density at radius 3 is 2.36 bits per heavy atom. The van der Waals surface area contributed by atoms with Crippen LogP contribution in [0, 0.1) is 18.3 Å². The zero-order valence-electron chi connectivity index (χ0n) is 15.8. The van der Waals surface area contributed by atoms with Gasteiger partial charge in [-0.3, -0.25) is 4.79 Å². The Bertz CT molecular complexity index is 927. The van der Waals surface area contributed by atoms with Crippen molar-refractivity contribution in [2.75, 3.05) is 26.1 Å². The van der Waals surface area contributed by atoms with Crippen molar-refractivity contribution in [3.8, 4) is 17.6 Å². The number of benzene rings is 2. The van der Waals surface area contributed by atoms with E-state index in [9.17, 15) is 14.9 Å². The van der Waals surface area contributed by atoms with E-state index in [0.29, 0.717) is 22.7 Å². The van der Waals surface area contributed by atoms with E-state index in [1.807, 2.05) is 19.1 Å². The molecule has 0 fully saturated rings. The zero-order valence-corrected chi connectivity index (χ0v) is 15.8. The van der Waals surface area contributed by atoms with E-state index in [-0.39, 0.29) is 5.57 Å². The van der Waals surface area contributed by atoms with Gasteiger partial charge >= 0.3 is 5.97 Å². The maximum absolute atomic E-state index is 12.1. The third-order valence-electron chi connectivity index (χ3n) is 3.73. The maximum Gasteiger partial charge on any atom is 0.349 e. The summed E-state index contributed by atoms with van der Waals surface area (Å²) in [6, 6.07) is 13.9. The minimum atomic E-state index is -0.870. The molecule has 0 saturated carbocycles. The summed E-state index contributed by atoms with van der Waals surface area (Å²) in [6.45, 7) is 1.41. The number of nitrogens with one attached hydrogen (secondary N) is 1. The lowest BCUT2D eigenvalue weighted by Gasteiger charge is -2.10. The second-order valence-electron chi connectivity index (χ2n) is 5.77. The molecule has 0 aliphatic rings. The van der Waals surface area contributed by atoms with Gasteiger partial charge in [0, 0.05) is 11.8 Å². The van der Waals surface area contributed by atoms with Crippen molar-refractivity contribution in [1.29, 1.82) is 5.26 Å². The minimum absolute atomic E-state index is 0.192. The molecule has 7 heteroatoms. The second kappa shape index (κ2) is 9.78. The third-order valence-corrected chi connectivity index (χ3v) is 3.73. The number of rotatable bonds is 7. The van der Waals surface area contributed by atoms with Gasteiger partial charge in [-0.25, -0.2) is 4.79 Å². The Morgan fingerprint density at radius 2 is 1.75 bits per heavy atom. The van der Waals surface area contributed by atoms with Crippen molar-refractivity contribution in [1.82, 2.24) is 0 Å². The van der Waals surface area contributed by atoms with Crippen LogP contribution in [-0.2, 0) is 14.3 Å². The molecule has 2 aromatic carbocycles. The van der Waals surface area contributed by atoms with Gasteiger partial charge in [-0.1, -0.05) is 29.8 Å². The lowest BCUT2D eigenvalue weighted by Crippen LogP contribution is -2.21. The number of nitrogens with zero attached hydrogens (tertiary/aromatic N) is 1. The number of aryl methyl sites for hydroxylation is 1. The summed E-state index contributed by atoms with van der Waals surface area (Å²) in [5.41, 5.74) is 2.01. The highest BCUT2D eigenvalue weighted by atomic mass is 16.5. The molecule has 0 bridgehead atoms. The first-order chi connectivity index (χ1) is 13.5. The summed E-state index contributed by atoms with van der Waals surface area (Å²) < 4.78 is 15.2. The summed E-state index contributed by atoms with van der Waals surface area (Å²) in [6.07, 6.45) is 1.41. The number of methoxy groups -OCH3 is 2. The Balaban J connectivity index is 1.96. The predicted molar refractivity (Wildman–Crippen MR) is 104 cm³/mol. The van der Waals surface area contributed by atoms with Crippen molar-refractivity contribution in [2.45, 2.75) is 6.92 Å². The standard InChI is InChI=1S/C21H20N2O5/c1-14-4-6-15(7-5-14)10-16(12-22)21(25)28-13-20(24)23-17-8-9-18(26-2)19(11-17)27-3/h4-11H,13H2,1-3H3,(H,23,24)/b16-10+. The summed E-state index contributed by atoms with van der Waals surface area (Å²) >= 11 is 0. The van der Waals surface area contributed by atoms with Crippen LogP contribution in [0.3, 0.4) is 0 Å². The monoisotopic (exact) mass is 380 g/mol. The minimum Gasteiger partial charge on any atom is -0.493 e. The number of hydrogen-bond donors (Lipinski definition) is 1. The fraction of sp³-hybridized carbons (Fsp3) is 0.190. The zero-order chi connectivity index (χ0) is 20.5. The first-order valence-electron chi connectivity index (χ1n) is 8.34. The number of carbonyl (C=O) groups excluding carboxylic acids is 2. The van der Waals surface area contributed by atoms with Crippen LogP contribution in [0.15, 0.2) is 48.0 Å². The summed E-state index contributed by atoms with van der Waals surface area (Å²) in [5, 5.41) is 11.8. The lowest BCUT2D eigenvalue weighted by molar-refractivity contribution is -0.142.